The molecule has 4 heteroatoms. The molecule has 0 aromatic heterocycles. The van der Waals surface area contributed by atoms with E-state index in [1.54, 1.807) is 0 Å². The van der Waals surface area contributed by atoms with E-state index in [2.05, 4.69) is 11.8 Å². The van der Waals surface area contributed by atoms with E-state index < -0.39 is 0 Å². The van der Waals surface area contributed by atoms with Crippen LogP contribution in [0.4, 0.5) is 0 Å². The van der Waals surface area contributed by atoms with Gasteiger partial charge in [-0.2, -0.15) is 0 Å². The number of unbranched alkanes of at least 4 members (excludes halogenated alkanes) is 1. The average Bonchev–Trinajstić information content (AvgIpc) is 3.04. The van der Waals surface area contributed by atoms with E-state index in [4.69, 9.17) is 9.47 Å². The first-order valence-electron chi connectivity index (χ1n) is 5.78. The van der Waals surface area contributed by atoms with Crippen LogP contribution in [0.1, 0.15) is 26.2 Å². The van der Waals surface area contributed by atoms with Crippen LogP contribution in [0, 0.1) is 0 Å². The number of nitrogens with zero attached hydrogens (tertiary/aromatic N) is 1. The van der Waals surface area contributed by atoms with Crippen molar-refractivity contribution in [2.24, 2.45) is 0 Å². The number of carbonyl (C=O) groups is 1. The lowest BCUT2D eigenvalue weighted by molar-refractivity contribution is -0.145. The molecule has 0 N–H and O–H groups in total. The fourth-order valence-electron chi connectivity index (χ4n) is 1.18. The first kappa shape index (κ1) is 12.5. The van der Waals surface area contributed by atoms with Crippen molar-refractivity contribution in [1.82, 2.24) is 4.90 Å². The van der Waals surface area contributed by atoms with Crippen LogP contribution in [-0.4, -0.2) is 50.3 Å². The Labute approximate surface area is 91.5 Å². The van der Waals surface area contributed by atoms with Gasteiger partial charge < -0.3 is 14.4 Å². The van der Waals surface area contributed by atoms with E-state index in [-0.39, 0.29) is 5.97 Å². The lowest BCUT2D eigenvalue weighted by Crippen LogP contribution is -2.14. The lowest BCUT2D eigenvalue weighted by atomic mass is 10.4. The topological polar surface area (TPSA) is 38.5 Å². The summed E-state index contributed by atoms with van der Waals surface area (Å²) in [4.78, 5) is 13.4. The highest BCUT2D eigenvalue weighted by Crippen LogP contribution is 2.03. The van der Waals surface area contributed by atoms with E-state index in [0.717, 1.165) is 39.1 Å². The third-order valence-corrected chi connectivity index (χ3v) is 2.30. The highest BCUT2D eigenvalue weighted by molar-refractivity contribution is 5.69. The van der Waals surface area contributed by atoms with Crippen LogP contribution in [0.3, 0.4) is 0 Å². The molecule has 0 aromatic rings. The normalized spacial score (nSPS) is 15.3. The van der Waals surface area contributed by atoms with Crippen molar-refractivity contribution in [3.63, 3.8) is 0 Å². The van der Waals surface area contributed by atoms with Gasteiger partial charge in [0.15, 0.2) is 0 Å². The second-order valence-electron chi connectivity index (χ2n) is 3.78. The van der Waals surface area contributed by atoms with Gasteiger partial charge in [-0.05, 0) is 6.42 Å². The molecule has 1 saturated heterocycles. The molecule has 1 aliphatic rings. The van der Waals surface area contributed by atoms with Crippen molar-refractivity contribution in [3.8, 4) is 0 Å². The van der Waals surface area contributed by atoms with Crippen LogP contribution in [0.2, 0.25) is 0 Å². The highest BCUT2D eigenvalue weighted by atomic mass is 16.6. The van der Waals surface area contributed by atoms with Gasteiger partial charge in [-0.15, -0.1) is 0 Å². The van der Waals surface area contributed by atoms with E-state index in [0.29, 0.717) is 19.6 Å². The SMILES string of the molecule is CCCCOCCOC(=O)CCN1CC1. The molecule has 88 valence electrons. The number of ether oxygens (including phenoxy) is 2. The summed E-state index contributed by atoms with van der Waals surface area (Å²) in [5.41, 5.74) is 0. The van der Waals surface area contributed by atoms with Gasteiger partial charge in [-0.25, -0.2) is 0 Å². The molecule has 0 aromatic carbocycles. The van der Waals surface area contributed by atoms with E-state index >= 15 is 0 Å². The molecule has 0 spiro atoms. The van der Waals surface area contributed by atoms with E-state index in [1.165, 1.54) is 0 Å². The van der Waals surface area contributed by atoms with Crippen LogP contribution in [-0.2, 0) is 14.3 Å². The molecule has 1 rings (SSSR count). The molecular weight excluding hydrogens is 194 g/mol. The highest BCUT2D eigenvalue weighted by Gasteiger charge is 2.17. The van der Waals surface area contributed by atoms with Gasteiger partial charge >= 0.3 is 5.97 Å². The molecule has 0 saturated carbocycles. The molecule has 0 radical (unpaired) electrons. The van der Waals surface area contributed by atoms with Crippen molar-refractivity contribution in [2.75, 3.05) is 39.5 Å². The number of esters is 1. The Morgan fingerprint density at radius 3 is 2.73 bits per heavy atom. The Kier molecular flexibility index (Phi) is 6.36. The predicted molar refractivity (Wildman–Crippen MR) is 57.7 cm³/mol. The first-order valence-corrected chi connectivity index (χ1v) is 5.78. The zero-order valence-electron chi connectivity index (χ0n) is 9.54. The molecule has 0 atom stereocenters. The summed E-state index contributed by atoms with van der Waals surface area (Å²) < 4.78 is 10.3. The summed E-state index contributed by atoms with van der Waals surface area (Å²) in [6.45, 7) is 6.91. The van der Waals surface area contributed by atoms with Crippen molar-refractivity contribution >= 4 is 5.97 Å². The smallest absolute Gasteiger partial charge is 0.307 e. The molecule has 4 nitrogen and oxygen atoms in total. The fourth-order valence-corrected chi connectivity index (χ4v) is 1.18. The molecular formula is C11H21NO3. The van der Waals surface area contributed by atoms with Gasteiger partial charge in [-0.3, -0.25) is 4.79 Å². The van der Waals surface area contributed by atoms with Gasteiger partial charge in [-0.1, -0.05) is 13.3 Å². The number of rotatable bonds is 9. The Morgan fingerprint density at radius 2 is 2.07 bits per heavy atom. The Balaban J connectivity index is 1.79. The quantitative estimate of drug-likeness (QED) is 0.327. The maximum atomic E-state index is 11.2. The summed E-state index contributed by atoms with van der Waals surface area (Å²) in [5.74, 6) is -0.110. The predicted octanol–water partition coefficient (Wildman–Crippen LogP) is 1.05. The summed E-state index contributed by atoms with van der Waals surface area (Å²) >= 11 is 0. The molecule has 15 heavy (non-hydrogen) atoms. The van der Waals surface area contributed by atoms with Crippen LogP contribution in [0.5, 0.6) is 0 Å². The van der Waals surface area contributed by atoms with Gasteiger partial charge in [0.25, 0.3) is 0 Å². The summed E-state index contributed by atoms with van der Waals surface area (Å²) in [6.07, 6.45) is 2.72. The minimum absolute atomic E-state index is 0.110. The molecule has 0 unspecified atom stereocenters. The second-order valence-corrected chi connectivity index (χ2v) is 3.78. The third-order valence-electron chi connectivity index (χ3n) is 2.30. The van der Waals surface area contributed by atoms with Gasteiger partial charge in [0.2, 0.25) is 0 Å². The summed E-state index contributed by atoms with van der Waals surface area (Å²) in [7, 11) is 0. The largest absolute Gasteiger partial charge is 0.463 e. The maximum Gasteiger partial charge on any atom is 0.307 e. The average molecular weight is 215 g/mol. The van der Waals surface area contributed by atoms with Crippen molar-refractivity contribution < 1.29 is 14.3 Å². The van der Waals surface area contributed by atoms with Gasteiger partial charge in [0.1, 0.15) is 6.61 Å². The monoisotopic (exact) mass is 215 g/mol. The summed E-state index contributed by atoms with van der Waals surface area (Å²) in [6, 6.07) is 0. The fraction of sp³-hybridized carbons (Fsp3) is 0.909. The number of carbonyl (C=O) groups excluding carboxylic acids is 1. The van der Waals surface area contributed by atoms with Gasteiger partial charge in [0.05, 0.1) is 13.0 Å². The molecule has 0 aliphatic carbocycles. The van der Waals surface area contributed by atoms with Crippen molar-refractivity contribution in [3.05, 3.63) is 0 Å². The van der Waals surface area contributed by atoms with Crippen molar-refractivity contribution in [2.45, 2.75) is 26.2 Å². The standard InChI is InChI=1S/C11H21NO3/c1-2-3-8-14-9-10-15-11(13)4-5-12-6-7-12/h2-10H2,1H3. The Hall–Kier alpha value is -0.610. The van der Waals surface area contributed by atoms with Crippen LogP contribution in [0.15, 0.2) is 0 Å². The number of hydrogen-bond acceptors (Lipinski definition) is 4. The van der Waals surface area contributed by atoms with E-state index in [1.807, 2.05) is 0 Å². The second kappa shape index (κ2) is 7.65. The number of hydrogen-bond donors (Lipinski definition) is 0. The first-order chi connectivity index (χ1) is 7.33. The zero-order valence-corrected chi connectivity index (χ0v) is 9.54. The van der Waals surface area contributed by atoms with Crippen LogP contribution in [0.25, 0.3) is 0 Å². The van der Waals surface area contributed by atoms with Crippen LogP contribution < -0.4 is 0 Å². The Morgan fingerprint density at radius 1 is 1.27 bits per heavy atom. The third kappa shape index (κ3) is 7.33. The van der Waals surface area contributed by atoms with E-state index in [9.17, 15) is 4.79 Å². The lowest BCUT2D eigenvalue weighted by Gasteiger charge is -2.05. The molecule has 1 aliphatic heterocycles. The minimum Gasteiger partial charge on any atom is -0.463 e. The molecule has 1 heterocycles. The maximum absolute atomic E-state index is 11.2. The molecule has 0 bridgehead atoms. The Bertz CT molecular complexity index is 181. The van der Waals surface area contributed by atoms with Gasteiger partial charge in [0, 0.05) is 26.2 Å². The molecule has 0 amide bonds. The van der Waals surface area contributed by atoms with Crippen LogP contribution >= 0.6 is 0 Å². The molecule has 1 fully saturated rings. The minimum atomic E-state index is -0.110. The summed E-state index contributed by atoms with van der Waals surface area (Å²) in [5, 5.41) is 0. The van der Waals surface area contributed by atoms with Crippen molar-refractivity contribution in [1.29, 1.82) is 0 Å². The zero-order chi connectivity index (χ0) is 10.9.